The topological polar surface area (TPSA) is 105 Å². The minimum Gasteiger partial charge on any atom is -0.480 e. The fourth-order valence-electron chi connectivity index (χ4n) is 4.99. The molecule has 186 valence electrons. The van der Waals surface area contributed by atoms with Gasteiger partial charge in [-0.3, -0.25) is 4.79 Å². The minimum atomic E-state index is -1.02. The molecule has 0 spiro atoms. The van der Waals surface area contributed by atoms with Crippen LogP contribution in [-0.4, -0.2) is 42.3 Å². The van der Waals surface area contributed by atoms with E-state index in [0.29, 0.717) is 18.9 Å². The van der Waals surface area contributed by atoms with Crippen LogP contribution in [0.2, 0.25) is 0 Å². The highest BCUT2D eigenvalue weighted by Gasteiger charge is 2.35. The Morgan fingerprint density at radius 1 is 1.03 bits per heavy atom. The number of benzene rings is 2. The number of fused-ring (bicyclic) bond motifs is 3. The summed E-state index contributed by atoms with van der Waals surface area (Å²) in [4.78, 5) is 36.7. The Balaban J connectivity index is 1.30. The summed E-state index contributed by atoms with van der Waals surface area (Å²) in [6, 6.07) is 15.5. The zero-order chi connectivity index (χ0) is 24.9. The highest BCUT2D eigenvalue weighted by Crippen LogP contribution is 2.44. The Hall–Kier alpha value is -3.35. The van der Waals surface area contributed by atoms with Gasteiger partial charge in [0.1, 0.15) is 12.6 Å². The summed E-state index contributed by atoms with van der Waals surface area (Å²) >= 11 is 0. The van der Waals surface area contributed by atoms with Gasteiger partial charge in [-0.2, -0.15) is 0 Å². The molecule has 0 aromatic heterocycles. The van der Waals surface area contributed by atoms with E-state index in [1.54, 1.807) is 0 Å². The molecule has 1 fully saturated rings. The fourth-order valence-corrected chi connectivity index (χ4v) is 4.99. The van der Waals surface area contributed by atoms with Gasteiger partial charge in [-0.15, -0.1) is 0 Å². The van der Waals surface area contributed by atoms with E-state index in [2.05, 4.69) is 34.9 Å². The molecule has 2 aromatic carbocycles. The van der Waals surface area contributed by atoms with Gasteiger partial charge in [0.2, 0.25) is 5.91 Å². The monoisotopic (exact) mass is 478 g/mol. The van der Waals surface area contributed by atoms with Gasteiger partial charge in [0, 0.05) is 18.9 Å². The van der Waals surface area contributed by atoms with Crippen molar-refractivity contribution < 1.29 is 24.2 Å². The van der Waals surface area contributed by atoms with E-state index >= 15 is 0 Å². The predicted molar refractivity (Wildman–Crippen MR) is 133 cm³/mol. The molecule has 3 unspecified atom stereocenters. The van der Waals surface area contributed by atoms with Crippen LogP contribution in [0.3, 0.4) is 0 Å². The van der Waals surface area contributed by atoms with E-state index in [1.807, 2.05) is 38.1 Å². The predicted octanol–water partition coefficient (Wildman–Crippen LogP) is 4.56. The standard InChI is InChI=1S/C28H34N2O5/c1-3-17(2)26(27(32)33)30-25(31)14-19(18-12-13-18)15-29-28(34)35-16-24-22-10-6-4-8-20(22)21-9-5-7-11-23(21)24/h4-11,17-19,24,26H,3,12-16H2,1-2H3,(H,29,34)(H,30,31)(H,32,33). The second-order valence-electron chi connectivity index (χ2n) is 9.78. The lowest BCUT2D eigenvalue weighted by Crippen LogP contribution is -2.46. The van der Waals surface area contributed by atoms with E-state index in [4.69, 9.17) is 4.74 Å². The molecular weight excluding hydrogens is 444 g/mol. The van der Waals surface area contributed by atoms with Gasteiger partial charge in [-0.1, -0.05) is 68.8 Å². The van der Waals surface area contributed by atoms with Gasteiger partial charge in [0.25, 0.3) is 0 Å². The van der Waals surface area contributed by atoms with Gasteiger partial charge < -0.3 is 20.5 Å². The molecule has 0 radical (unpaired) electrons. The Morgan fingerprint density at radius 3 is 2.17 bits per heavy atom. The summed E-state index contributed by atoms with van der Waals surface area (Å²) in [6.07, 6.45) is 2.37. The number of hydrogen-bond donors (Lipinski definition) is 3. The maximum Gasteiger partial charge on any atom is 0.407 e. The molecule has 3 atom stereocenters. The first-order valence-corrected chi connectivity index (χ1v) is 12.5. The van der Waals surface area contributed by atoms with Crippen LogP contribution in [0, 0.1) is 17.8 Å². The number of aliphatic carboxylic acids is 1. The molecule has 1 saturated carbocycles. The van der Waals surface area contributed by atoms with Gasteiger partial charge in [0.15, 0.2) is 0 Å². The summed E-state index contributed by atoms with van der Waals surface area (Å²) < 4.78 is 5.61. The van der Waals surface area contributed by atoms with Gasteiger partial charge in [-0.05, 0) is 52.8 Å². The summed E-state index contributed by atoms with van der Waals surface area (Å²) in [6.45, 7) is 4.29. The molecule has 7 heteroatoms. The smallest absolute Gasteiger partial charge is 0.407 e. The Morgan fingerprint density at radius 2 is 1.63 bits per heavy atom. The Labute approximate surface area is 206 Å². The van der Waals surface area contributed by atoms with Crippen molar-refractivity contribution >= 4 is 18.0 Å². The number of ether oxygens (including phenoxy) is 1. The summed E-state index contributed by atoms with van der Waals surface area (Å²) in [5.41, 5.74) is 4.66. The quantitative estimate of drug-likeness (QED) is 0.439. The third-order valence-electron chi connectivity index (χ3n) is 7.38. The first-order chi connectivity index (χ1) is 16.9. The molecule has 7 nitrogen and oxygen atoms in total. The number of carboxylic acid groups (broad SMARTS) is 1. The molecule has 2 aliphatic rings. The molecule has 0 bridgehead atoms. The number of carbonyl (C=O) groups is 3. The zero-order valence-corrected chi connectivity index (χ0v) is 20.3. The van der Waals surface area contributed by atoms with Crippen LogP contribution < -0.4 is 10.6 Å². The third-order valence-corrected chi connectivity index (χ3v) is 7.38. The normalized spacial score (nSPS) is 17.0. The van der Waals surface area contributed by atoms with Crippen molar-refractivity contribution in [1.29, 1.82) is 0 Å². The molecule has 0 saturated heterocycles. The highest BCUT2D eigenvalue weighted by atomic mass is 16.5. The van der Waals surface area contributed by atoms with Gasteiger partial charge in [0.05, 0.1) is 0 Å². The van der Waals surface area contributed by atoms with Crippen LogP contribution in [0.25, 0.3) is 11.1 Å². The third kappa shape index (κ3) is 5.84. The lowest BCUT2D eigenvalue weighted by Gasteiger charge is -2.22. The SMILES string of the molecule is CCC(C)C(NC(=O)CC(CNC(=O)OCC1c2ccccc2-c2ccccc21)C1CC1)C(=O)O. The van der Waals surface area contributed by atoms with Crippen molar-refractivity contribution in [3.05, 3.63) is 59.7 Å². The molecule has 2 aliphatic carbocycles. The number of carbonyl (C=O) groups excluding carboxylic acids is 2. The first kappa shape index (κ1) is 24.8. The summed E-state index contributed by atoms with van der Waals surface area (Å²) in [5, 5.41) is 14.9. The largest absolute Gasteiger partial charge is 0.480 e. The van der Waals surface area contributed by atoms with Crippen LogP contribution in [0.5, 0.6) is 0 Å². The van der Waals surface area contributed by atoms with Crippen LogP contribution in [-0.2, 0) is 14.3 Å². The maximum absolute atomic E-state index is 12.6. The van der Waals surface area contributed by atoms with Crippen molar-refractivity contribution in [3.63, 3.8) is 0 Å². The number of alkyl carbamates (subject to hydrolysis) is 1. The summed E-state index contributed by atoms with van der Waals surface area (Å²) in [7, 11) is 0. The average molecular weight is 479 g/mol. The number of amides is 2. The number of hydrogen-bond acceptors (Lipinski definition) is 4. The maximum atomic E-state index is 12.6. The van der Waals surface area contributed by atoms with Crippen LogP contribution in [0.1, 0.15) is 56.6 Å². The number of carboxylic acids is 1. The molecule has 2 aromatic rings. The van der Waals surface area contributed by atoms with Gasteiger partial charge in [-0.25, -0.2) is 9.59 Å². The minimum absolute atomic E-state index is 0.00772. The van der Waals surface area contributed by atoms with E-state index in [9.17, 15) is 19.5 Å². The molecule has 35 heavy (non-hydrogen) atoms. The molecule has 4 rings (SSSR count). The van der Waals surface area contributed by atoms with Crippen LogP contribution in [0.15, 0.2) is 48.5 Å². The van der Waals surface area contributed by atoms with Crippen molar-refractivity contribution in [3.8, 4) is 11.1 Å². The first-order valence-electron chi connectivity index (χ1n) is 12.5. The van der Waals surface area contributed by atoms with Crippen LogP contribution >= 0.6 is 0 Å². The molecule has 0 heterocycles. The van der Waals surface area contributed by atoms with E-state index < -0.39 is 18.1 Å². The van der Waals surface area contributed by atoms with Crippen molar-refractivity contribution in [2.24, 2.45) is 17.8 Å². The van der Waals surface area contributed by atoms with Crippen LogP contribution in [0.4, 0.5) is 4.79 Å². The van der Waals surface area contributed by atoms with E-state index in [-0.39, 0.29) is 36.7 Å². The molecule has 2 amide bonds. The van der Waals surface area contributed by atoms with Crippen molar-refractivity contribution in [1.82, 2.24) is 10.6 Å². The average Bonchev–Trinajstić information content (AvgIpc) is 3.66. The zero-order valence-electron chi connectivity index (χ0n) is 20.3. The Bertz CT molecular complexity index is 1040. The molecule has 3 N–H and O–H groups in total. The molecular formula is C28H34N2O5. The lowest BCUT2D eigenvalue weighted by molar-refractivity contribution is -0.143. The number of rotatable bonds is 11. The second kappa shape index (κ2) is 10.9. The van der Waals surface area contributed by atoms with Crippen molar-refractivity contribution in [2.45, 2.75) is 51.5 Å². The van der Waals surface area contributed by atoms with Gasteiger partial charge >= 0.3 is 12.1 Å². The van der Waals surface area contributed by atoms with E-state index in [1.165, 1.54) is 11.1 Å². The lowest BCUT2D eigenvalue weighted by atomic mass is 9.96. The fraction of sp³-hybridized carbons (Fsp3) is 0.464. The Kier molecular flexibility index (Phi) is 7.73. The molecule has 0 aliphatic heterocycles. The number of nitrogens with one attached hydrogen (secondary N) is 2. The van der Waals surface area contributed by atoms with E-state index in [0.717, 1.165) is 24.0 Å². The summed E-state index contributed by atoms with van der Waals surface area (Å²) in [5.74, 6) is -1.15. The second-order valence-corrected chi connectivity index (χ2v) is 9.78. The van der Waals surface area contributed by atoms with Crippen molar-refractivity contribution in [2.75, 3.05) is 13.2 Å². The highest BCUT2D eigenvalue weighted by molar-refractivity contribution is 5.84.